The molecule has 0 aliphatic carbocycles. The molecular weight excluding hydrogens is 389 g/mol. The van der Waals surface area contributed by atoms with Crippen LogP contribution >= 0.6 is 22.6 Å². The van der Waals surface area contributed by atoms with E-state index in [9.17, 15) is 8.42 Å². The van der Waals surface area contributed by atoms with Gasteiger partial charge in [0.05, 0.1) is 10.4 Å². The number of aromatic nitrogens is 2. The average Bonchev–Trinajstić information content (AvgIpc) is 2.82. The minimum absolute atomic E-state index is 0.210. The summed E-state index contributed by atoms with van der Waals surface area (Å²) in [6, 6.07) is 13.9. The largest absolute Gasteiger partial charge is 0.276 e. The quantitative estimate of drug-likeness (QED) is 0.666. The summed E-state index contributed by atoms with van der Waals surface area (Å²) in [5.41, 5.74) is 0.788. The third-order valence-electron chi connectivity index (χ3n) is 2.81. The Morgan fingerprint density at radius 1 is 1.10 bits per heavy atom. The zero-order chi connectivity index (χ0) is 14.2. The predicted octanol–water partition coefficient (Wildman–Crippen LogP) is 2.97. The maximum Gasteiger partial charge on any atom is 0.263 e. The van der Waals surface area contributed by atoms with Crippen LogP contribution in [0.5, 0.6) is 0 Å². The summed E-state index contributed by atoms with van der Waals surface area (Å²) in [5.74, 6) is 0.308. The van der Waals surface area contributed by atoms with Gasteiger partial charge < -0.3 is 0 Å². The van der Waals surface area contributed by atoms with Crippen LogP contribution in [0.3, 0.4) is 0 Å². The number of anilines is 1. The van der Waals surface area contributed by atoms with Crippen molar-refractivity contribution in [2.75, 3.05) is 4.72 Å². The molecule has 2 aromatic carbocycles. The van der Waals surface area contributed by atoms with Crippen LogP contribution < -0.4 is 4.72 Å². The van der Waals surface area contributed by atoms with Crippen molar-refractivity contribution in [1.29, 1.82) is 0 Å². The van der Waals surface area contributed by atoms with Crippen LogP contribution in [0.25, 0.3) is 10.9 Å². The number of aromatic amines is 1. The van der Waals surface area contributed by atoms with Gasteiger partial charge in [0.15, 0.2) is 5.82 Å². The Morgan fingerprint density at radius 2 is 1.85 bits per heavy atom. The van der Waals surface area contributed by atoms with Crippen molar-refractivity contribution in [2.24, 2.45) is 0 Å². The second-order valence-electron chi connectivity index (χ2n) is 4.18. The van der Waals surface area contributed by atoms with Gasteiger partial charge in [-0.1, -0.05) is 18.2 Å². The van der Waals surface area contributed by atoms with Gasteiger partial charge in [0, 0.05) is 8.96 Å². The van der Waals surface area contributed by atoms with Gasteiger partial charge in [-0.05, 0) is 52.9 Å². The van der Waals surface area contributed by atoms with Gasteiger partial charge in [0.2, 0.25) is 0 Å². The monoisotopic (exact) mass is 399 g/mol. The Labute approximate surface area is 129 Å². The van der Waals surface area contributed by atoms with Crippen LogP contribution in [0.1, 0.15) is 0 Å². The van der Waals surface area contributed by atoms with E-state index in [0.717, 1.165) is 14.5 Å². The minimum Gasteiger partial charge on any atom is -0.276 e. The lowest BCUT2D eigenvalue weighted by Gasteiger charge is -2.05. The molecular formula is C13H10IN3O2S. The number of hydrogen-bond acceptors (Lipinski definition) is 3. The van der Waals surface area contributed by atoms with Gasteiger partial charge in [-0.2, -0.15) is 5.10 Å². The molecule has 0 unspecified atom stereocenters. The van der Waals surface area contributed by atoms with Crippen LogP contribution in [0.4, 0.5) is 5.82 Å². The normalized spacial score (nSPS) is 11.7. The molecule has 2 N–H and O–H groups in total. The second-order valence-corrected chi connectivity index (χ2v) is 7.11. The van der Waals surface area contributed by atoms with Crippen molar-refractivity contribution in [3.05, 3.63) is 52.1 Å². The zero-order valence-electron chi connectivity index (χ0n) is 10.2. The van der Waals surface area contributed by atoms with Gasteiger partial charge >= 0.3 is 0 Å². The van der Waals surface area contributed by atoms with E-state index < -0.39 is 10.0 Å². The van der Waals surface area contributed by atoms with Gasteiger partial charge in [0.25, 0.3) is 10.0 Å². The number of fused-ring (bicyclic) bond motifs is 1. The highest BCUT2D eigenvalue weighted by Gasteiger charge is 2.16. The standard InChI is InChI=1S/C13H10IN3O2S/c14-9-6-7-12-11(8-9)13(16-15-12)17-20(18,19)10-4-2-1-3-5-10/h1-8H,(H2,15,16,17). The Bertz CT molecular complexity index is 860. The first-order valence-corrected chi connectivity index (χ1v) is 8.34. The Hall–Kier alpha value is -1.61. The smallest absolute Gasteiger partial charge is 0.263 e. The lowest BCUT2D eigenvalue weighted by molar-refractivity contribution is 0.601. The fourth-order valence-corrected chi connectivity index (χ4v) is 3.38. The molecule has 0 atom stereocenters. The van der Waals surface area contributed by atoms with Crippen molar-refractivity contribution in [1.82, 2.24) is 10.2 Å². The molecule has 0 spiro atoms. The van der Waals surface area contributed by atoms with Gasteiger partial charge in [0.1, 0.15) is 0 Å². The maximum absolute atomic E-state index is 12.3. The number of sulfonamides is 1. The first-order valence-electron chi connectivity index (χ1n) is 5.78. The fourth-order valence-electron chi connectivity index (χ4n) is 1.85. The van der Waals surface area contributed by atoms with Crippen molar-refractivity contribution in [3.8, 4) is 0 Å². The lowest BCUT2D eigenvalue weighted by atomic mass is 10.2. The topological polar surface area (TPSA) is 74.8 Å². The molecule has 5 nitrogen and oxygen atoms in total. The molecule has 0 bridgehead atoms. The molecule has 1 aromatic heterocycles. The van der Waals surface area contributed by atoms with Crippen molar-refractivity contribution >= 4 is 49.3 Å². The summed E-state index contributed by atoms with van der Waals surface area (Å²) in [5, 5.41) is 7.58. The Kier molecular flexibility index (Phi) is 3.38. The summed E-state index contributed by atoms with van der Waals surface area (Å²) in [4.78, 5) is 0.210. The number of hydrogen-bond donors (Lipinski definition) is 2. The van der Waals surface area contributed by atoms with Crippen LogP contribution in [0.15, 0.2) is 53.4 Å². The molecule has 0 fully saturated rings. The number of nitrogens with one attached hydrogen (secondary N) is 2. The molecule has 3 rings (SSSR count). The van der Waals surface area contributed by atoms with E-state index in [1.807, 2.05) is 18.2 Å². The van der Waals surface area contributed by atoms with E-state index in [4.69, 9.17) is 0 Å². The van der Waals surface area contributed by atoms with E-state index in [1.165, 1.54) is 0 Å². The molecule has 20 heavy (non-hydrogen) atoms. The molecule has 3 aromatic rings. The first-order chi connectivity index (χ1) is 9.56. The van der Waals surface area contributed by atoms with Crippen LogP contribution in [-0.2, 0) is 10.0 Å². The van der Waals surface area contributed by atoms with Crippen LogP contribution in [-0.4, -0.2) is 18.6 Å². The third-order valence-corrected chi connectivity index (χ3v) is 4.84. The summed E-state index contributed by atoms with van der Waals surface area (Å²) in [6.45, 7) is 0. The van der Waals surface area contributed by atoms with E-state index in [1.54, 1.807) is 30.3 Å². The lowest BCUT2D eigenvalue weighted by Crippen LogP contribution is -2.13. The van der Waals surface area contributed by atoms with Crippen LogP contribution in [0, 0.1) is 3.57 Å². The van der Waals surface area contributed by atoms with Crippen molar-refractivity contribution in [2.45, 2.75) is 4.90 Å². The highest BCUT2D eigenvalue weighted by atomic mass is 127. The summed E-state index contributed by atoms with van der Waals surface area (Å²) < 4.78 is 28.0. The highest BCUT2D eigenvalue weighted by molar-refractivity contribution is 14.1. The summed E-state index contributed by atoms with van der Waals surface area (Å²) in [6.07, 6.45) is 0. The predicted molar refractivity (Wildman–Crippen MR) is 86.1 cm³/mol. The van der Waals surface area contributed by atoms with E-state index >= 15 is 0 Å². The molecule has 0 aliphatic rings. The van der Waals surface area contributed by atoms with Gasteiger partial charge in [-0.25, -0.2) is 8.42 Å². The van der Waals surface area contributed by atoms with E-state index in [2.05, 4.69) is 37.5 Å². The molecule has 0 saturated heterocycles. The molecule has 0 aliphatic heterocycles. The molecule has 102 valence electrons. The SMILES string of the molecule is O=S(=O)(Nc1n[nH]c2ccc(I)cc12)c1ccccc1. The number of benzene rings is 2. The van der Waals surface area contributed by atoms with Crippen LogP contribution in [0.2, 0.25) is 0 Å². The van der Waals surface area contributed by atoms with Crippen molar-refractivity contribution in [3.63, 3.8) is 0 Å². The number of nitrogens with zero attached hydrogens (tertiary/aromatic N) is 1. The minimum atomic E-state index is -3.62. The number of H-pyrrole nitrogens is 1. The average molecular weight is 399 g/mol. The molecule has 0 radical (unpaired) electrons. The Balaban J connectivity index is 2.03. The first kappa shape index (κ1) is 13.4. The summed E-state index contributed by atoms with van der Waals surface area (Å²) >= 11 is 2.17. The zero-order valence-corrected chi connectivity index (χ0v) is 13.1. The number of rotatable bonds is 3. The molecule has 0 saturated carbocycles. The highest BCUT2D eigenvalue weighted by Crippen LogP contribution is 2.24. The maximum atomic E-state index is 12.3. The summed E-state index contributed by atoms with van der Waals surface area (Å²) in [7, 11) is -3.62. The van der Waals surface area contributed by atoms with Gasteiger partial charge in [-0.3, -0.25) is 9.82 Å². The molecule has 1 heterocycles. The van der Waals surface area contributed by atoms with E-state index in [0.29, 0.717) is 5.82 Å². The third kappa shape index (κ3) is 2.50. The second kappa shape index (κ2) is 5.06. The number of halogens is 1. The fraction of sp³-hybridized carbons (Fsp3) is 0. The van der Waals surface area contributed by atoms with Gasteiger partial charge in [-0.15, -0.1) is 0 Å². The van der Waals surface area contributed by atoms with E-state index in [-0.39, 0.29) is 4.90 Å². The Morgan fingerprint density at radius 3 is 2.60 bits per heavy atom. The molecule has 0 amide bonds. The molecule has 7 heteroatoms. The van der Waals surface area contributed by atoms with Crippen molar-refractivity contribution < 1.29 is 8.42 Å².